The van der Waals surface area contributed by atoms with Crippen LogP contribution < -0.4 is 4.72 Å². The van der Waals surface area contributed by atoms with E-state index in [1.807, 2.05) is 0 Å². The van der Waals surface area contributed by atoms with E-state index >= 15 is 0 Å². The number of nitrogens with one attached hydrogen (secondary N) is 1. The highest BCUT2D eigenvalue weighted by molar-refractivity contribution is 7.93. The van der Waals surface area contributed by atoms with E-state index in [4.69, 9.17) is 5.11 Å². The number of nitrogens with zero attached hydrogens (tertiary/aromatic N) is 1. The van der Waals surface area contributed by atoms with Crippen molar-refractivity contribution in [1.82, 2.24) is 4.98 Å². The Morgan fingerprint density at radius 1 is 1.33 bits per heavy atom. The van der Waals surface area contributed by atoms with E-state index in [0.29, 0.717) is 12.8 Å². The Balaban J connectivity index is 2.18. The van der Waals surface area contributed by atoms with E-state index in [9.17, 15) is 13.2 Å². The number of hydrogen-bond donors (Lipinski definition) is 2. The van der Waals surface area contributed by atoms with Crippen LogP contribution in [-0.2, 0) is 10.0 Å². The third-order valence-corrected chi connectivity index (χ3v) is 4.86. The van der Waals surface area contributed by atoms with Crippen LogP contribution in [0.1, 0.15) is 36.0 Å². The standard InChI is InChI=1S/C11H14N2O4S/c14-11(15)8-5-9(7-12-6-8)13-18(16,17)10-3-1-2-4-10/h5-7,10,13H,1-4H2,(H,14,15). The first-order chi connectivity index (χ1) is 8.49. The molecule has 0 amide bonds. The summed E-state index contributed by atoms with van der Waals surface area (Å²) < 4.78 is 26.4. The Bertz CT molecular complexity index is 550. The number of aromatic nitrogens is 1. The molecule has 18 heavy (non-hydrogen) atoms. The SMILES string of the molecule is O=C(O)c1cncc(NS(=O)(=O)C2CCCC2)c1. The van der Waals surface area contributed by atoms with E-state index in [0.717, 1.165) is 12.8 Å². The number of hydrogen-bond acceptors (Lipinski definition) is 4. The lowest BCUT2D eigenvalue weighted by molar-refractivity contribution is 0.0696. The second-order valence-electron chi connectivity index (χ2n) is 4.32. The lowest BCUT2D eigenvalue weighted by Gasteiger charge is -2.13. The number of carboxylic acid groups (broad SMARTS) is 1. The summed E-state index contributed by atoms with van der Waals surface area (Å²) in [4.78, 5) is 14.5. The third-order valence-electron chi connectivity index (χ3n) is 2.99. The van der Waals surface area contributed by atoms with Gasteiger partial charge in [-0.25, -0.2) is 13.2 Å². The summed E-state index contributed by atoms with van der Waals surface area (Å²) in [6, 6.07) is 1.27. The summed E-state index contributed by atoms with van der Waals surface area (Å²) in [6.07, 6.45) is 5.62. The van der Waals surface area contributed by atoms with Crippen LogP contribution in [0.3, 0.4) is 0 Å². The summed E-state index contributed by atoms with van der Waals surface area (Å²) in [5, 5.41) is 8.42. The number of carboxylic acids is 1. The molecule has 0 aromatic carbocycles. The molecular weight excluding hydrogens is 256 g/mol. The van der Waals surface area contributed by atoms with Crippen LogP contribution in [-0.4, -0.2) is 29.7 Å². The molecule has 98 valence electrons. The number of carbonyl (C=O) groups is 1. The molecule has 2 N–H and O–H groups in total. The molecule has 1 aliphatic rings. The van der Waals surface area contributed by atoms with Crippen LogP contribution in [0.2, 0.25) is 0 Å². The Hall–Kier alpha value is -1.63. The highest BCUT2D eigenvalue weighted by Crippen LogP contribution is 2.26. The molecule has 0 atom stereocenters. The topological polar surface area (TPSA) is 96.4 Å². The summed E-state index contributed by atoms with van der Waals surface area (Å²) in [5.74, 6) is -1.13. The fourth-order valence-corrected chi connectivity index (χ4v) is 3.62. The maximum atomic E-state index is 12.0. The minimum Gasteiger partial charge on any atom is -0.478 e. The van der Waals surface area contributed by atoms with Crippen molar-refractivity contribution in [2.45, 2.75) is 30.9 Å². The summed E-state index contributed by atoms with van der Waals surface area (Å²) in [5.41, 5.74) is 0.156. The average molecular weight is 270 g/mol. The maximum Gasteiger partial charge on any atom is 0.337 e. The van der Waals surface area contributed by atoms with Crippen LogP contribution >= 0.6 is 0 Å². The maximum absolute atomic E-state index is 12.0. The van der Waals surface area contributed by atoms with E-state index in [1.165, 1.54) is 18.5 Å². The van der Waals surface area contributed by atoms with Gasteiger partial charge in [0.2, 0.25) is 10.0 Å². The smallest absolute Gasteiger partial charge is 0.337 e. The van der Waals surface area contributed by atoms with Gasteiger partial charge in [0.15, 0.2) is 0 Å². The van der Waals surface area contributed by atoms with Crippen LogP contribution in [0.25, 0.3) is 0 Å². The van der Waals surface area contributed by atoms with Crippen LogP contribution in [0.4, 0.5) is 5.69 Å². The number of anilines is 1. The minimum absolute atomic E-state index is 0.0402. The van der Waals surface area contributed by atoms with Gasteiger partial charge in [-0.1, -0.05) is 12.8 Å². The Labute approximate surface area is 105 Å². The molecule has 0 unspecified atom stereocenters. The van der Waals surface area contributed by atoms with Crippen molar-refractivity contribution in [1.29, 1.82) is 0 Å². The van der Waals surface area contributed by atoms with Gasteiger partial charge in [-0.3, -0.25) is 9.71 Å². The molecule has 1 heterocycles. The number of sulfonamides is 1. The van der Waals surface area contributed by atoms with Crippen molar-refractivity contribution < 1.29 is 18.3 Å². The minimum atomic E-state index is -3.44. The fraction of sp³-hybridized carbons (Fsp3) is 0.455. The van der Waals surface area contributed by atoms with Gasteiger partial charge in [0.05, 0.1) is 22.7 Å². The summed E-state index contributed by atoms with van der Waals surface area (Å²) >= 11 is 0. The molecule has 0 saturated heterocycles. The van der Waals surface area contributed by atoms with Gasteiger partial charge in [0.1, 0.15) is 0 Å². The lowest BCUT2D eigenvalue weighted by atomic mass is 10.3. The highest BCUT2D eigenvalue weighted by Gasteiger charge is 2.28. The molecule has 0 bridgehead atoms. The lowest BCUT2D eigenvalue weighted by Crippen LogP contribution is -2.25. The molecule has 6 nitrogen and oxygen atoms in total. The van der Waals surface area contributed by atoms with Crippen molar-refractivity contribution in [3.8, 4) is 0 Å². The number of aromatic carboxylic acids is 1. The third kappa shape index (κ3) is 2.79. The fourth-order valence-electron chi connectivity index (χ4n) is 2.06. The Kier molecular flexibility index (Phi) is 3.51. The van der Waals surface area contributed by atoms with Gasteiger partial charge in [-0.2, -0.15) is 0 Å². The van der Waals surface area contributed by atoms with Crippen molar-refractivity contribution in [2.24, 2.45) is 0 Å². The highest BCUT2D eigenvalue weighted by atomic mass is 32.2. The van der Waals surface area contributed by atoms with Crippen molar-refractivity contribution >= 4 is 21.7 Å². The molecule has 2 rings (SSSR count). The Morgan fingerprint density at radius 3 is 2.61 bits per heavy atom. The zero-order valence-electron chi connectivity index (χ0n) is 9.67. The van der Waals surface area contributed by atoms with E-state index in [2.05, 4.69) is 9.71 Å². The summed E-state index contributed by atoms with van der Waals surface area (Å²) in [6.45, 7) is 0. The number of rotatable bonds is 4. The molecule has 1 aromatic heterocycles. The monoisotopic (exact) mass is 270 g/mol. The van der Waals surface area contributed by atoms with Gasteiger partial charge in [0.25, 0.3) is 0 Å². The largest absolute Gasteiger partial charge is 0.478 e. The quantitative estimate of drug-likeness (QED) is 0.863. The van der Waals surface area contributed by atoms with Crippen LogP contribution in [0, 0.1) is 0 Å². The van der Waals surface area contributed by atoms with Crippen LogP contribution in [0.5, 0.6) is 0 Å². The predicted octanol–water partition coefficient (Wildman–Crippen LogP) is 1.46. The number of pyridine rings is 1. The van der Waals surface area contributed by atoms with Crippen molar-refractivity contribution in [3.63, 3.8) is 0 Å². The first kappa shape index (κ1) is 12.8. The summed E-state index contributed by atoms with van der Waals surface area (Å²) in [7, 11) is -3.44. The molecule has 1 aromatic rings. The first-order valence-corrected chi connectivity index (χ1v) is 7.23. The van der Waals surface area contributed by atoms with E-state index in [-0.39, 0.29) is 16.5 Å². The van der Waals surface area contributed by atoms with Crippen molar-refractivity contribution in [2.75, 3.05) is 4.72 Å². The molecule has 1 saturated carbocycles. The molecular formula is C11H14N2O4S. The van der Waals surface area contributed by atoms with Gasteiger partial charge in [0, 0.05) is 6.20 Å². The molecule has 7 heteroatoms. The molecule has 1 aliphatic carbocycles. The first-order valence-electron chi connectivity index (χ1n) is 5.69. The molecule has 0 radical (unpaired) electrons. The van der Waals surface area contributed by atoms with Crippen LogP contribution in [0.15, 0.2) is 18.5 Å². The van der Waals surface area contributed by atoms with Gasteiger partial charge in [-0.05, 0) is 18.9 Å². The molecule has 1 fully saturated rings. The zero-order chi connectivity index (χ0) is 13.2. The van der Waals surface area contributed by atoms with Crippen molar-refractivity contribution in [3.05, 3.63) is 24.0 Å². The van der Waals surface area contributed by atoms with Gasteiger partial charge in [-0.15, -0.1) is 0 Å². The van der Waals surface area contributed by atoms with E-state index in [1.54, 1.807) is 0 Å². The van der Waals surface area contributed by atoms with Gasteiger partial charge >= 0.3 is 5.97 Å². The molecule has 0 aliphatic heterocycles. The normalized spacial score (nSPS) is 16.7. The van der Waals surface area contributed by atoms with E-state index < -0.39 is 16.0 Å². The average Bonchev–Trinajstić information content (AvgIpc) is 2.82. The zero-order valence-corrected chi connectivity index (χ0v) is 10.5. The second-order valence-corrected chi connectivity index (χ2v) is 6.28. The van der Waals surface area contributed by atoms with Gasteiger partial charge < -0.3 is 5.11 Å². The second kappa shape index (κ2) is 4.93. The molecule has 0 spiro atoms. The Morgan fingerprint density at radius 2 is 2.00 bits per heavy atom. The predicted molar refractivity (Wildman–Crippen MR) is 66.0 cm³/mol.